The summed E-state index contributed by atoms with van der Waals surface area (Å²) in [5.41, 5.74) is -2.11. The third-order valence-electron chi connectivity index (χ3n) is 8.86. The minimum atomic E-state index is -4.94. The van der Waals surface area contributed by atoms with E-state index in [1.165, 1.54) is 11.9 Å². The molecule has 0 unspecified atom stereocenters. The summed E-state index contributed by atoms with van der Waals surface area (Å²) < 4.78 is 79.7. The van der Waals surface area contributed by atoms with E-state index < -0.39 is 41.0 Å². The van der Waals surface area contributed by atoms with Crippen molar-refractivity contribution in [3.05, 3.63) is 70.3 Å². The van der Waals surface area contributed by atoms with Crippen molar-refractivity contribution >= 4 is 11.9 Å². The van der Waals surface area contributed by atoms with Crippen LogP contribution >= 0.6 is 0 Å². The van der Waals surface area contributed by atoms with E-state index in [-0.39, 0.29) is 82.1 Å². The van der Waals surface area contributed by atoms with Gasteiger partial charge in [0.05, 0.1) is 28.6 Å². The zero-order valence-electron chi connectivity index (χ0n) is 24.6. The summed E-state index contributed by atoms with van der Waals surface area (Å²) in [7, 11) is 1.53. The number of aliphatic hydroxyl groups excluding tert-OH is 2. The summed E-state index contributed by atoms with van der Waals surface area (Å²) in [6.07, 6.45) is -9.18. The van der Waals surface area contributed by atoms with Gasteiger partial charge in [0.2, 0.25) is 5.91 Å². The highest BCUT2D eigenvalue weighted by Gasteiger charge is 2.56. The van der Waals surface area contributed by atoms with Crippen molar-refractivity contribution in [2.45, 2.75) is 63.5 Å². The fourth-order valence-corrected chi connectivity index (χ4v) is 6.64. The molecule has 4 rings (SSSR count). The number of rotatable bonds is 9. The van der Waals surface area contributed by atoms with Crippen molar-refractivity contribution < 1.29 is 46.1 Å². The van der Waals surface area contributed by atoms with Gasteiger partial charge in [0.1, 0.15) is 0 Å². The predicted molar refractivity (Wildman–Crippen MR) is 149 cm³/mol. The summed E-state index contributed by atoms with van der Waals surface area (Å²) in [6, 6.07) is 7.63. The second-order valence-corrected chi connectivity index (χ2v) is 11.7. The minimum absolute atomic E-state index is 0.0691. The first-order chi connectivity index (χ1) is 20.6. The number of fused-ring (bicyclic) bond motifs is 1. The second-order valence-electron chi connectivity index (χ2n) is 11.7. The van der Waals surface area contributed by atoms with Gasteiger partial charge in [0.25, 0.3) is 0 Å². The minimum Gasteiger partial charge on any atom is -0.396 e. The number of nitrogens with zero attached hydrogens (tertiary/aromatic N) is 3. The molecule has 242 valence electrons. The van der Waals surface area contributed by atoms with Crippen LogP contribution in [-0.2, 0) is 23.6 Å². The topological polar surface area (TPSA) is 84.3 Å². The van der Waals surface area contributed by atoms with Crippen LogP contribution in [0.25, 0.3) is 0 Å². The Hall–Kier alpha value is -3.32. The Balaban J connectivity index is 1.55. The average molecular weight is 630 g/mol. The number of carbonyl (C=O) groups is 2. The number of hydrogen-bond acceptors (Lipinski definition) is 4. The highest BCUT2D eigenvalue weighted by atomic mass is 19.4. The number of hydrogen-bond donors (Lipinski definition) is 2. The van der Waals surface area contributed by atoms with Crippen LogP contribution in [0.3, 0.4) is 0 Å². The maximum absolute atomic E-state index is 13.9. The number of alkyl halides is 6. The lowest BCUT2D eigenvalue weighted by Gasteiger charge is -2.46. The Morgan fingerprint density at radius 2 is 1.57 bits per heavy atom. The average Bonchev–Trinajstić information content (AvgIpc) is 3.22. The van der Waals surface area contributed by atoms with Gasteiger partial charge in [-0.2, -0.15) is 26.3 Å². The number of amides is 3. The maximum atomic E-state index is 13.9. The fourth-order valence-electron chi connectivity index (χ4n) is 6.64. The smallest absolute Gasteiger partial charge is 0.396 e. The lowest BCUT2D eigenvalue weighted by molar-refractivity contribution is -0.143. The number of aryl methyl sites for hydroxylation is 2. The molecule has 2 fully saturated rings. The summed E-state index contributed by atoms with van der Waals surface area (Å²) in [6.45, 7) is 1.94. The first-order valence-corrected chi connectivity index (χ1v) is 14.5. The predicted octanol–water partition coefficient (Wildman–Crippen LogP) is 5.43. The van der Waals surface area contributed by atoms with E-state index in [1.807, 2.05) is 31.2 Å². The van der Waals surface area contributed by atoms with Crippen LogP contribution in [-0.4, -0.2) is 82.8 Å². The SMILES string of the molecule is Cc1ccccc1[C@H]1[C@@H]2CC(CCO)(CCO)C(=O)N2CCN1C(=O)N(C)CCCc1cc(C(F)(F)F)cc(C(F)(F)F)c1. The standard InChI is InChI=1S/C31H37F6N3O4/c1-20-6-3-4-8-24(20)26-25-19-29(9-14-41,10-15-42)27(43)39(25)12-13-40(26)28(44)38(2)11-5-7-21-16-22(30(32,33)34)18-23(17-21)31(35,36)37/h3-4,6,8,16-18,25-26,41-42H,5,7,9-15,19H2,1-2H3/t25-,26-/m0/s1. The molecule has 13 heteroatoms. The van der Waals surface area contributed by atoms with E-state index in [1.54, 1.807) is 9.80 Å². The van der Waals surface area contributed by atoms with Crippen molar-refractivity contribution in [2.24, 2.45) is 5.41 Å². The summed E-state index contributed by atoms with van der Waals surface area (Å²) >= 11 is 0. The maximum Gasteiger partial charge on any atom is 0.416 e. The van der Waals surface area contributed by atoms with E-state index in [0.717, 1.165) is 11.1 Å². The molecule has 0 bridgehead atoms. The largest absolute Gasteiger partial charge is 0.416 e. The van der Waals surface area contributed by atoms with Gasteiger partial charge in [-0.25, -0.2) is 4.79 Å². The number of halogens is 6. The molecule has 0 saturated carbocycles. The number of benzene rings is 2. The molecule has 2 N–H and O–H groups in total. The van der Waals surface area contributed by atoms with Crippen LogP contribution < -0.4 is 0 Å². The molecular formula is C31H37F6N3O4. The first kappa shape index (κ1) is 33.6. The monoisotopic (exact) mass is 629 g/mol. The fraction of sp³-hybridized carbons (Fsp3) is 0.548. The number of aliphatic hydroxyl groups is 2. The van der Waals surface area contributed by atoms with Crippen molar-refractivity contribution in [1.82, 2.24) is 14.7 Å². The number of carbonyl (C=O) groups excluding carboxylic acids is 2. The molecule has 2 saturated heterocycles. The molecule has 2 aromatic carbocycles. The van der Waals surface area contributed by atoms with Gasteiger partial charge in [-0.05, 0) is 73.9 Å². The summed E-state index contributed by atoms with van der Waals surface area (Å²) in [4.78, 5) is 32.3. The molecule has 0 aromatic heterocycles. The van der Waals surface area contributed by atoms with Crippen molar-refractivity contribution in [3.63, 3.8) is 0 Å². The normalized spacial score (nSPS) is 20.2. The van der Waals surface area contributed by atoms with Gasteiger partial charge in [-0.15, -0.1) is 0 Å². The molecule has 0 spiro atoms. The molecule has 2 aliphatic rings. The van der Waals surface area contributed by atoms with Crippen LogP contribution in [0.4, 0.5) is 31.1 Å². The van der Waals surface area contributed by atoms with E-state index in [9.17, 15) is 46.1 Å². The first-order valence-electron chi connectivity index (χ1n) is 14.5. The quantitative estimate of drug-likeness (QED) is 0.363. The zero-order chi connectivity index (χ0) is 32.4. The number of urea groups is 1. The van der Waals surface area contributed by atoms with Crippen molar-refractivity contribution in [3.8, 4) is 0 Å². The van der Waals surface area contributed by atoms with Crippen LogP contribution in [0.5, 0.6) is 0 Å². The molecule has 3 amide bonds. The van der Waals surface area contributed by atoms with Gasteiger partial charge in [-0.1, -0.05) is 24.3 Å². The van der Waals surface area contributed by atoms with Crippen molar-refractivity contribution in [2.75, 3.05) is 39.9 Å². The van der Waals surface area contributed by atoms with E-state index in [2.05, 4.69) is 0 Å². The summed E-state index contributed by atoms with van der Waals surface area (Å²) in [5.74, 6) is -0.163. The van der Waals surface area contributed by atoms with Gasteiger partial charge in [-0.3, -0.25) is 4.79 Å². The summed E-state index contributed by atoms with van der Waals surface area (Å²) in [5, 5.41) is 19.5. The van der Waals surface area contributed by atoms with E-state index in [0.29, 0.717) is 18.6 Å². The van der Waals surface area contributed by atoms with E-state index >= 15 is 0 Å². The molecule has 0 aliphatic carbocycles. The molecule has 2 atom stereocenters. The molecule has 2 aliphatic heterocycles. The number of piperazine rings is 1. The van der Waals surface area contributed by atoms with Crippen molar-refractivity contribution in [1.29, 1.82) is 0 Å². The van der Waals surface area contributed by atoms with Crippen LogP contribution in [0.2, 0.25) is 0 Å². The Bertz CT molecular complexity index is 1310. The van der Waals surface area contributed by atoms with Gasteiger partial charge < -0.3 is 24.9 Å². The molecule has 2 heterocycles. The highest BCUT2D eigenvalue weighted by molar-refractivity contribution is 5.86. The van der Waals surface area contributed by atoms with Gasteiger partial charge >= 0.3 is 18.4 Å². The molecular weight excluding hydrogens is 592 g/mol. The molecule has 7 nitrogen and oxygen atoms in total. The van der Waals surface area contributed by atoms with Crippen LogP contribution in [0.1, 0.15) is 59.5 Å². The highest BCUT2D eigenvalue weighted by Crippen LogP contribution is 2.49. The Morgan fingerprint density at radius 3 is 2.11 bits per heavy atom. The van der Waals surface area contributed by atoms with Gasteiger partial charge in [0, 0.05) is 39.9 Å². The Morgan fingerprint density at radius 1 is 0.977 bits per heavy atom. The lowest BCUT2D eigenvalue weighted by Crippen LogP contribution is -2.57. The van der Waals surface area contributed by atoms with Crippen LogP contribution in [0, 0.1) is 12.3 Å². The third kappa shape index (κ3) is 6.83. The lowest BCUT2D eigenvalue weighted by atomic mass is 9.77. The van der Waals surface area contributed by atoms with Gasteiger partial charge in [0.15, 0.2) is 0 Å². The molecule has 2 aromatic rings. The molecule has 0 radical (unpaired) electrons. The molecule has 44 heavy (non-hydrogen) atoms. The third-order valence-corrected chi connectivity index (χ3v) is 8.86. The van der Waals surface area contributed by atoms with Crippen LogP contribution in [0.15, 0.2) is 42.5 Å². The Labute approximate surface area is 252 Å². The zero-order valence-corrected chi connectivity index (χ0v) is 24.6. The van der Waals surface area contributed by atoms with E-state index in [4.69, 9.17) is 0 Å². The Kier molecular flexibility index (Phi) is 9.89. The second kappa shape index (κ2) is 13.0.